The van der Waals surface area contributed by atoms with Crippen molar-refractivity contribution in [2.24, 2.45) is 0 Å². The molecule has 0 aliphatic carbocycles. The van der Waals surface area contributed by atoms with Crippen molar-refractivity contribution >= 4 is 34.0 Å². The summed E-state index contributed by atoms with van der Waals surface area (Å²) in [5.41, 5.74) is 1.89. The van der Waals surface area contributed by atoms with E-state index in [1.807, 2.05) is 24.3 Å². The second kappa shape index (κ2) is 9.55. The highest BCUT2D eigenvalue weighted by atomic mass is 35.5. The number of halogens is 1. The standard InChI is InChI=1S/C22H17ClN4O3S/c1-29-19-5-3-2-4-16(19)18-12-24-11-10-17(18)21(28)25-22-27-26-20(31-22)13-30-15-8-6-14(23)7-9-15/h2-12H,13H2,1H3,(H,25,27,28). The van der Waals surface area contributed by atoms with E-state index in [0.717, 1.165) is 5.56 Å². The van der Waals surface area contributed by atoms with Crippen LogP contribution in [0.3, 0.4) is 0 Å². The van der Waals surface area contributed by atoms with Gasteiger partial charge in [-0.25, -0.2) is 0 Å². The summed E-state index contributed by atoms with van der Waals surface area (Å²) in [5.74, 6) is 1.01. The molecule has 0 saturated carbocycles. The van der Waals surface area contributed by atoms with E-state index in [9.17, 15) is 4.79 Å². The molecule has 0 unspecified atom stereocenters. The molecule has 0 aliphatic heterocycles. The van der Waals surface area contributed by atoms with Crippen molar-refractivity contribution in [3.8, 4) is 22.6 Å². The number of carbonyl (C=O) groups excluding carboxylic acids is 1. The zero-order chi connectivity index (χ0) is 21.6. The summed E-state index contributed by atoms with van der Waals surface area (Å²) in [5, 5.41) is 12.6. The number of benzene rings is 2. The number of ether oxygens (including phenoxy) is 2. The van der Waals surface area contributed by atoms with Crippen LogP contribution in [0.4, 0.5) is 5.13 Å². The van der Waals surface area contributed by atoms with Gasteiger partial charge < -0.3 is 9.47 Å². The first-order valence-corrected chi connectivity index (χ1v) is 10.4. The molecule has 0 radical (unpaired) electrons. The summed E-state index contributed by atoms with van der Waals surface area (Å²) < 4.78 is 11.1. The average Bonchev–Trinajstić information content (AvgIpc) is 3.26. The van der Waals surface area contributed by atoms with Gasteiger partial charge in [-0.3, -0.25) is 15.1 Å². The summed E-state index contributed by atoms with van der Waals surface area (Å²) in [4.78, 5) is 17.1. The molecular formula is C22H17ClN4O3S. The summed E-state index contributed by atoms with van der Waals surface area (Å²) in [7, 11) is 1.59. The minimum Gasteiger partial charge on any atom is -0.496 e. The number of anilines is 1. The van der Waals surface area contributed by atoms with E-state index >= 15 is 0 Å². The first-order chi connectivity index (χ1) is 15.1. The highest BCUT2D eigenvalue weighted by Crippen LogP contribution is 2.32. The maximum absolute atomic E-state index is 12.9. The molecule has 2 aromatic heterocycles. The summed E-state index contributed by atoms with van der Waals surface area (Å²) in [6.45, 7) is 0.233. The maximum Gasteiger partial charge on any atom is 0.258 e. The zero-order valence-corrected chi connectivity index (χ0v) is 18.0. The first-order valence-electron chi connectivity index (χ1n) is 9.23. The van der Waals surface area contributed by atoms with Crippen LogP contribution >= 0.6 is 22.9 Å². The molecule has 0 aliphatic rings. The minimum absolute atomic E-state index is 0.233. The van der Waals surface area contributed by atoms with E-state index in [2.05, 4.69) is 20.5 Å². The number of aromatic nitrogens is 3. The Balaban J connectivity index is 1.48. The Morgan fingerprint density at radius 3 is 2.68 bits per heavy atom. The van der Waals surface area contributed by atoms with E-state index in [4.69, 9.17) is 21.1 Å². The molecule has 0 atom stereocenters. The van der Waals surface area contributed by atoms with Crippen LogP contribution in [0.1, 0.15) is 15.4 Å². The molecule has 4 rings (SSSR count). The fourth-order valence-corrected chi connectivity index (χ4v) is 3.65. The average molecular weight is 453 g/mol. The topological polar surface area (TPSA) is 86.2 Å². The van der Waals surface area contributed by atoms with Gasteiger partial charge in [0.25, 0.3) is 5.91 Å². The normalized spacial score (nSPS) is 10.5. The summed E-state index contributed by atoms with van der Waals surface area (Å²) >= 11 is 7.11. The number of nitrogens with one attached hydrogen (secondary N) is 1. The van der Waals surface area contributed by atoms with Crippen molar-refractivity contribution in [3.05, 3.63) is 82.6 Å². The minimum atomic E-state index is -0.315. The Morgan fingerprint density at radius 1 is 1.06 bits per heavy atom. The van der Waals surface area contributed by atoms with Crippen molar-refractivity contribution in [3.63, 3.8) is 0 Å². The number of hydrogen-bond acceptors (Lipinski definition) is 7. The lowest BCUT2D eigenvalue weighted by molar-refractivity contribution is 0.102. The predicted molar refractivity (Wildman–Crippen MR) is 120 cm³/mol. The molecule has 156 valence electrons. The van der Waals surface area contributed by atoms with Crippen LogP contribution < -0.4 is 14.8 Å². The number of nitrogens with zero attached hydrogens (tertiary/aromatic N) is 3. The molecular weight excluding hydrogens is 436 g/mol. The lowest BCUT2D eigenvalue weighted by Crippen LogP contribution is -2.13. The van der Waals surface area contributed by atoms with E-state index < -0.39 is 0 Å². The molecule has 9 heteroatoms. The molecule has 1 amide bonds. The lowest BCUT2D eigenvalue weighted by Gasteiger charge is -2.11. The van der Waals surface area contributed by atoms with Gasteiger partial charge in [-0.2, -0.15) is 0 Å². The van der Waals surface area contributed by atoms with Gasteiger partial charge in [0.1, 0.15) is 18.1 Å². The molecule has 1 N–H and O–H groups in total. The quantitative estimate of drug-likeness (QED) is 0.420. The number of pyridine rings is 1. The number of rotatable bonds is 7. The fraction of sp³-hybridized carbons (Fsp3) is 0.0909. The van der Waals surface area contributed by atoms with Gasteiger partial charge in [-0.15, -0.1) is 10.2 Å². The van der Waals surface area contributed by atoms with Gasteiger partial charge in [0.05, 0.1) is 12.7 Å². The van der Waals surface area contributed by atoms with Crippen molar-refractivity contribution in [1.82, 2.24) is 15.2 Å². The smallest absolute Gasteiger partial charge is 0.258 e. The van der Waals surface area contributed by atoms with Gasteiger partial charge in [0.15, 0.2) is 5.01 Å². The van der Waals surface area contributed by atoms with Gasteiger partial charge in [0, 0.05) is 28.5 Å². The van der Waals surface area contributed by atoms with Crippen LogP contribution in [0.2, 0.25) is 5.02 Å². The third-order valence-electron chi connectivity index (χ3n) is 4.33. The number of hydrogen-bond donors (Lipinski definition) is 1. The monoisotopic (exact) mass is 452 g/mol. The third-order valence-corrected chi connectivity index (χ3v) is 5.39. The van der Waals surface area contributed by atoms with Crippen LogP contribution in [0.25, 0.3) is 11.1 Å². The Morgan fingerprint density at radius 2 is 1.87 bits per heavy atom. The summed E-state index contributed by atoms with van der Waals surface area (Å²) in [6.07, 6.45) is 3.21. The van der Waals surface area contributed by atoms with E-state index in [1.54, 1.807) is 49.8 Å². The second-order valence-corrected chi connectivity index (χ2v) is 7.82. The van der Waals surface area contributed by atoms with Gasteiger partial charge in [-0.05, 0) is 36.4 Å². The second-order valence-electron chi connectivity index (χ2n) is 6.32. The number of para-hydroxylation sites is 1. The number of methoxy groups -OCH3 is 1. The SMILES string of the molecule is COc1ccccc1-c1cnccc1C(=O)Nc1nnc(COc2ccc(Cl)cc2)s1. The number of carbonyl (C=O) groups is 1. The zero-order valence-electron chi connectivity index (χ0n) is 16.4. The van der Waals surface area contributed by atoms with Gasteiger partial charge in [-0.1, -0.05) is 41.1 Å². The van der Waals surface area contributed by atoms with E-state index in [1.165, 1.54) is 11.3 Å². The maximum atomic E-state index is 12.9. The predicted octanol–water partition coefficient (Wildman–Crippen LogP) is 5.09. The van der Waals surface area contributed by atoms with E-state index in [-0.39, 0.29) is 12.5 Å². The highest BCUT2D eigenvalue weighted by molar-refractivity contribution is 7.15. The van der Waals surface area contributed by atoms with Crippen molar-refractivity contribution in [2.75, 3.05) is 12.4 Å². The summed E-state index contributed by atoms with van der Waals surface area (Å²) in [6, 6.07) is 16.2. The van der Waals surface area contributed by atoms with Crippen LogP contribution in [0.5, 0.6) is 11.5 Å². The molecule has 7 nitrogen and oxygen atoms in total. The van der Waals surface area contributed by atoms with E-state index in [0.29, 0.717) is 37.8 Å². The largest absolute Gasteiger partial charge is 0.496 e. The molecule has 4 aromatic rings. The molecule has 2 aromatic carbocycles. The number of amides is 1. The molecule has 2 heterocycles. The van der Waals surface area contributed by atoms with Crippen molar-refractivity contribution in [2.45, 2.75) is 6.61 Å². The Hall–Kier alpha value is -3.49. The Labute approximate surface area is 187 Å². The molecule has 0 fully saturated rings. The molecule has 0 bridgehead atoms. The van der Waals surface area contributed by atoms with Crippen LogP contribution in [0, 0.1) is 0 Å². The highest BCUT2D eigenvalue weighted by Gasteiger charge is 2.17. The van der Waals surface area contributed by atoms with Crippen molar-refractivity contribution in [1.29, 1.82) is 0 Å². The van der Waals surface area contributed by atoms with Crippen molar-refractivity contribution < 1.29 is 14.3 Å². The van der Waals surface area contributed by atoms with Crippen LogP contribution in [0.15, 0.2) is 67.0 Å². The third kappa shape index (κ3) is 4.99. The Bertz CT molecular complexity index is 1200. The molecule has 0 spiro atoms. The first kappa shape index (κ1) is 20.8. The Kier molecular flexibility index (Phi) is 6.40. The molecule has 0 saturated heterocycles. The lowest BCUT2D eigenvalue weighted by atomic mass is 10.0. The van der Waals surface area contributed by atoms with Gasteiger partial charge >= 0.3 is 0 Å². The fourth-order valence-electron chi connectivity index (χ4n) is 2.88. The van der Waals surface area contributed by atoms with Crippen LogP contribution in [-0.4, -0.2) is 28.2 Å². The molecule has 31 heavy (non-hydrogen) atoms. The van der Waals surface area contributed by atoms with Crippen LogP contribution in [-0.2, 0) is 6.61 Å². The van der Waals surface area contributed by atoms with Gasteiger partial charge in [0.2, 0.25) is 5.13 Å².